The molecule has 1 heterocycles. The van der Waals surface area contributed by atoms with Crippen LogP contribution in [0.5, 0.6) is 0 Å². The van der Waals surface area contributed by atoms with Gasteiger partial charge in [0, 0.05) is 12.7 Å². The van der Waals surface area contributed by atoms with Crippen LogP contribution in [0, 0.1) is 0 Å². The van der Waals surface area contributed by atoms with Crippen molar-refractivity contribution >= 4 is 0 Å². The van der Waals surface area contributed by atoms with Gasteiger partial charge in [0.2, 0.25) is 0 Å². The van der Waals surface area contributed by atoms with Gasteiger partial charge in [-0.05, 0) is 26.0 Å². The fraction of sp³-hybridized carbons (Fsp3) is 0.700. The molecule has 0 aromatic carbocycles. The number of aromatic nitrogens is 2. The zero-order valence-corrected chi connectivity index (χ0v) is 8.16. The molecule has 1 aliphatic carbocycles. The van der Waals surface area contributed by atoms with Crippen LogP contribution >= 0.6 is 0 Å². The van der Waals surface area contributed by atoms with Gasteiger partial charge in [-0.25, -0.2) is 0 Å². The Morgan fingerprint density at radius 1 is 1.54 bits per heavy atom. The lowest BCUT2D eigenvalue weighted by Gasteiger charge is -2.08. The number of hydrogen-bond donors (Lipinski definition) is 1. The first kappa shape index (κ1) is 8.75. The summed E-state index contributed by atoms with van der Waals surface area (Å²) < 4.78 is 2.14. The Balaban J connectivity index is 2.03. The van der Waals surface area contributed by atoms with E-state index in [-0.39, 0.29) is 0 Å². The third kappa shape index (κ3) is 1.91. The van der Waals surface area contributed by atoms with E-state index in [4.69, 9.17) is 0 Å². The average molecular weight is 179 g/mol. The highest BCUT2D eigenvalue weighted by Gasteiger charge is 2.17. The highest BCUT2D eigenvalue weighted by Crippen LogP contribution is 2.28. The topological polar surface area (TPSA) is 29.9 Å². The third-order valence-electron chi connectivity index (χ3n) is 2.72. The molecule has 1 fully saturated rings. The van der Waals surface area contributed by atoms with Gasteiger partial charge in [0.15, 0.2) is 0 Å². The lowest BCUT2D eigenvalue weighted by Crippen LogP contribution is -2.09. The van der Waals surface area contributed by atoms with E-state index < -0.39 is 0 Å². The van der Waals surface area contributed by atoms with Crippen LogP contribution in [-0.4, -0.2) is 16.8 Å². The molecule has 1 aliphatic rings. The van der Waals surface area contributed by atoms with Crippen LogP contribution < -0.4 is 5.32 Å². The Hall–Kier alpha value is -0.830. The van der Waals surface area contributed by atoms with Gasteiger partial charge in [0.05, 0.1) is 11.7 Å². The molecular weight excluding hydrogens is 162 g/mol. The van der Waals surface area contributed by atoms with Crippen molar-refractivity contribution in [2.75, 3.05) is 7.05 Å². The van der Waals surface area contributed by atoms with Crippen LogP contribution in [-0.2, 0) is 6.54 Å². The largest absolute Gasteiger partial charge is 0.314 e. The second-order valence-corrected chi connectivity index (χ2v) is 3.76. The van der Waals surface area contributed by atoms with E-state index in [1.165, 1.54) is 25.7 Å². The Kier molecular flexibility index (Phi) is 2.64. The van der Waals surface area contributed by atoms with Gasteiger partial charge in [-0.2, -0.15) is 5.10 Å². The molecule has 0 unspecified atom stereocenters. The van der Waals surface area contributed by atoms with Crippen LogP contribution in [0.3, 0.4) is 0 Å². The first-order chi connectivity index (χ1) is 6.40. The van der Waals surface area contributed by atoms with Gasteiger partial charge >= 0.3 is 0 Å². The summed E-state index contributed by atoms with van der Waals surface area (Å²) in [7, 11) is 1.95. The summed E-state index contributed by atoms with van der Waals surface area (Å²) in [5.74, 6) is 0. The maximum Gasteiger partial charge on any atom is 0.0762 e. The first-order valence-corrected chi connectivity index (χ1v) is 5.09. The minimum absolute atomic E-state index is 0.672. The standard InChI is InChI=1S/C10H17N3/c1-11-8-9-6-7-13(12-9)10-4-2-3-5-10/h6-7,10-11H,2-5,8H2,1H3. The maximum atomic E-state index is 4.54. The van der Waals surface area contributed by atoms with Crippen LogP contribution in [0.1, 0.15) is 37.4 Å². The molecule has 0 atom stereocenters. The Bertz CT molecular complexity index is 261. The minimum atomic E-state index is 0.672. The normalized spacial score (nSPS) is 18.2. The molecule has 0 spiro atoms. The summed E-state index contributed by atoms with van der Waals surface area (Å²) >= 11 is 0. The summed E-state index contributed by atoms with van der Waals surface area (Å²) in [6.45, 7) is 0.875. The molecule has 1 N–H and O–H groups in total. The van der Waals surface area contributed by atoms with Crippen LogP contribution in [0.15, 0.2) is 12.3 Å². The Morgan fingerprint density at radius 2 is 2.31 bits per heavy atom. The lowest BCUT2D eigenvalue weighted by molar-refractivity contribution is 0.462. The van der Waals surface area contributed by atoms with Crippen LogP contribution in [0.4, 0.5) is 0 Å². The van der Waals surface area contributed by atoms with Crippen molar-refractivity contribution in [3.05, 3.63) is 18.0 Å². The van der Waals surface area contributed by atoms with Crippen LogP contribution in [0.25, 0.3) is 0 Å². The molecule has 0 aliphatic heterocycles. The molecule has 0 saturated heterocycles. The van der Waals surface area contributed by atoms with Gasteiger partial charge in [0.1, 0.15) is 0 Å². The van der Waals surface area contributed by atoms with Crippen LogP contribution in [0.2, 0.25) is 0 Å². The predicted octanol–water partition coefficient (Wildman–Crippen LogP) is 1.72. The van der Waals surface area contributed by atoms with Gasteiger partial charge in [-0.3, -0.25) is 4.68 Å². The van der Waals surface area contributed by atoms with E-state index in [1.807, 2.05) is 7.05 Å². The Morgan fingerprint density at radius 3 is 3.00 bits per heavy atom. The van der Waals surface area contributed by atoms with Crippen molar-refractivity contribution in [2.24, 2.45) is 0 Å². The smallest absolute Gasteiger partial charge is 0.0762 e. The highest BCUT2D eigenvalue weighted by atomic mass is 15.3. The van der Waals surface area contributed by atoms with E-state index in [1.54, 1.807) is 0 Å². The van der Waals surface area contributed by atoms with E-state index in [0.29, 0.717) is 6.04 Å². The van der Waals surface area contributed by atoms with Crippen molar-refractivity contribution < 1.29 is 0 Å². The molecule has 2 rings (SSSR count). The molecule has 0 bridgehead atoms. The summed E-state index contributed by atoms with van der Waals surface area (Å²) in [5.41, 5.74) is 1.15. The van der Waals surface area contributed by atoms with Gasteiger partial charge < -0.3 is 5.32 Å². The number of rotatable bonds is 3. The van der Waals surface area contributed by atoms with Gasteiger partial charge in [-0.1, -0.05) is 12.8 Å². The van der Waals surface area contributed by atoms with E-state index in [0.717, 1.165) is 12.2 Å². The highest BCUT2D eigenvalue weighted by molar-refractivity contribution is 4.99. The zero-order valence-electron chi connectivity index (χ0n) is 8.16. The summed E-state index contributed by atoms with van der Waals surface area (Å²) in [6, 6.07) is 2.78. The maximum absolute atomic E-state index is 4.54. The van der Waals surface area contributed by atoms with Gasteiger partial charge in [-0.15, -0.1) is 0 Å². The second kappa shape index (κ2) is 3.92. The monoisotopic (exact) mass is 179 g/mol. The second-order valence-electron chi connectivity index (χ2n) is 3.76. The Labute approximate surface area is 79.1 Å². The minimum Gasteiger partial charge on any atom is -0.314 e. The number of hydrogen-bond acceptors (Lipinski definition) is 2. The zero-order chi connectivity index (χ0) is 9.10. The summed E-state index contributed by atoms with van der Waals surface area (Å²) in [6.07, 6.45) is 7.46. The SMILES string of the molecule is CNCc1ccn(C2CCCC2)n1. The van der Waals surface area contributed by atoms with Crippen molar-refractivity contribution in [3.63, 3.8) is 0 Å². The lowest BCUT2D eigenvalue weighted by atomic mass is 10.3. The predicted molar refractivity (Wildman–Crippen MR) is 52.5 cm³/mol. The number of nitrogens with zero attached hydrogens (tertiary/aromatic N) is 2. The van der Waals surface area contributed by atoms with E-state index in [2.05, 4.69) is 27.4 Å². The van der Waals surface area contributed by atoms with Crippen molar-refractivity contribution in [1.82, 2.24) is 15.1 Å². The van der Waals surface area contributed by atoms with Gasteiger partial charge in [0.25, 0.3) is 0 Å². The van der Waals surface area contributed by atoms with E-state index >= 15 is 0 Å². The third-order valence-corrected chi connectivity index (χ3v) is 2.72. The molecule has 3 nitrogen and oxygen atoms in total. The molecule has 1 saturated carbocycles. The summed E-state index contributed by atoms with van der Waals surface area (Å²) in [4.78, 5) is 0. The fourth-order valence-electron chi connectivity index (χ4n) is 2.02. The van der Waals surface area contributed by atoms with Crippen molar-refractivity contribution in [1.29, 1.82) is 0 Å². The first-order valence-electron chi connectivity index (χ1n) is 5.09. The molecule has 0 radical (unpaired) electrons. The molecule has 3 heteroatoms. The molecular formula is C10H17N3. The quantitative estimate of drug-likeness (QED) is 0.765. The molecule has 72 valence electrons. The average Bonchev–Trinajstić information content (AvgIpc) is 2.70. The molecule has 0 amide bonds. The van der Waals surface area contributed by atoms with Crippen molar-refractivity contribution in [2.45, 2.75) is 38.3 Å². The fourth-order valence-corrected chi connectivity index (χ4v) is 2.02. The molecule has 1 aromatic rings. The molecule has 1 aromatic heterocycles. The molecule has 13 heavy (non-hydrogen) atoms. The van der Waals surface area contributed by atoms with E-state index in [9.17, 15) is 0 Å². The number of nitrogens with one attached hydrogen (secondary N) is 1. The van der Waals surface area contributed by atoms with Crippen molar-refractivity contribution in [3.8, 4) is 0 Å². The summed E-state index contributed by atoms with van der Waals surface area (Å²) in [5, 5.41) is 7.65.